The number of carbonyl (C=O) groups is 1. The Morgan fingerprint density at radius 1 is 1.29 bits per heavy atom. The van der Waals surface area contributed by atoms with E-state index in [1.165, 1.54) is 12.4 Å². The molecule has 0 unspecified atom stereocenters. The fourth-order valence-corrected chi connectivity index (χ4v) is 1.50. The number of para-hydroxylation sites is 1. The van der Waals surface area contributed by atoms with Gasteiger partial charge in [0.1, 0.15) is 10.8 Å². The van der Waals surface area contributed by atoms with Gasteiger partial charge >= 0.3 is 0 Å². The van der Waals surface area contributed by atoms with Crippen molar-refractivity contribution in [2.24, 2.45) is 0 Å². The van der Waals surface area contributed by atoms with Gasteiger partial charge in [0.15, 0.2) is 0 Å². The van der Waals surface area contributed by atoms with E-state index in [1.54, 1.807) is 0 Å². The van der Waals surface area contributed by atoms with Crippen LogP contribution in [0.4, 0.5) is 5.69 Å². The first-order chi connectivity index (χ1) is 8.16. The van der Waals surface area contributed by atoms with Gasteiger partial charge < -0.3 is 5.32 Å². The third kappa shape index (κ3) is 2.79. The van der Waals surface area contributed by atoms with Crippen LogP contribution < -0.4 is 5.32 Å². The van der Waals surface area contributed by atoms with Crippen LogP contribution in [-0.2, 0) is 0 Å². The summed E-state index contributed by atoms with van der Waals surface area (Å²) >= 11 is 5.67. The zero-order valence-electron chi connectivity index (χ0n) is 9.14. The van der Waals surface area contributed by atoms with Crippen LogP contribution in [0.2, 0.25) is 5.15 Å². The minimum absolute atomic E-state index is 0.195. The van der Waals surface area contributed by atoms with Crippen LogP contribution in [0.15, 0.2) is 36.7 Å². The summed E-state index contributed by atoms with van der Waals surface area (Å²) in [5.74, 6) is -0.325. The quantitative estimate of drug-likeness (QED) is 0.888. The third-order valence-corrected chi connectivity index (χ3v) is 2.41. The molecule has 5 heteroatoms. The molecule has 0 aliphatic heterocycles. The number of rotatable bonds is 2. The summed E-state index contributed by atoms with van der Waals surface area (Å²) < 4.78 is 0. The van der Waals surface area contributed by atoms with Crippen LogP contribution >= 0.6 is 11.6 Å². The van der Waals surface area contributed by atoms with Gasteiger partial charge in [-0.2, -0.15) is 0 Å². The molecule has 0 radical (unpaired) electrons. The molecule has 1 heterocycles. The summed E-state index contributed by atoms with van der Waals surface area (Å²) in [5, 5.41) is 2.95. The number of halogens is 1. The molecule has 0 fully saturated rings. The largest absolute Gasteiger partial charge is 0.320 e. The number of nitrogens with zero attached hydrogens (tertiary/aromatic N) is 2. The highest BCUT2D eigenvalue weighted by atomic mass is 35.5. The molecule has 86 valence electrons. The maximum absolute atomic E-state index is 11.8. The average molecular weight is 248 g/mol. The minimum atomic E-state index is -0.325. The van der Waals surface area contributed by atoms with Gasteiger partial charge in [-0.25, -0.2) is 4.98 Å². The lowest BCUT2D eigenvalue weighted by atomic mass is 10.2. The number of amides is 1. The van der Waals surface area contributed by atoms with Gasteiger partial charge in [0.05, 0.1) is 12.4 Å². The molecule has 1 amide bonds. The Kier molecular flexibility index (Phi) is 3.35. The number of aromatic nitrogens is 2. The van der Waals surface area contributed by atoms with Crippen LogP contribution in [0.25, 0.3) is 0 Å². The van der Waals surface area contributed by atoms with Crippen LogP contribution in [0.1, 0.15) is 16.1 Å². The van der Waals surface area contributed by atoms with Crippen LogP contribution in [0, 0.1) is 6.92 Å². The highest BCUT2D eigenvalue weighted by Crippen LogP contribution is 2.14. The maximum Gasteiger partial charge on any atom is 0.275 e. The lowest BCUT2D eigenvalue weighted by molar-refractivity contribution is 0.102. The van der Waals surface area contributed by atoms with Crippen molar-refractivity contribution in [2.75, 3.05) is 5.32 Å². The van der Waals surface area contributed by atoms with Gasteiger partial charge in [0.2, 0.25) is 0 Å². The number of benzene rings is 1. The van der Waals surface area contributed by atoms with Crippen molar-refractivity contribution in [3.8, 4) is 0 Å². The molecular formula is C12H10ClN3O. The van der Waals surface area contributed by atoms with Gasteiger partial charge in [-0.05, 0) is 18.6 Å². The second kappa shape index (κ2) is 4.93. The Morgan fingerprint density at radius 2 is 2.06 bits per heavy atom. The molecule has 0 saturated carbocycles. The molecule has 0 aliphatic carbocycles. The van der Waals surface area contributed by atoms with E-state index in [0.717, 1.165) is 11.3 Å². The Bertz CT molecular complexity index is 557. The molecule has 0 saturated heterocycles. The highest BCUT2D eigenvalue weighted by molar-refractivity contribution is 6.29. The predicted molar refractivity (Wildman–Crippen MR) is 66.2 cm³/mol. The normalized spacial score (nSPS) is 10.0. The molecular weight excluding hydrogens is 238 g/mol. The molecule has 1 N–H and O–H groups in total. The zero-order valence-corrected chi connectivity index (χ0v) is 9.90. The Labute approximate surface area is 104 Å². The van der Waals surface area contributed by atoms with E-state index in [-0.39, 0.29) is 16.8 Å². The number of carbonyl (C=O) groups excluding carboxylic acids is 1. The van der Waals surface area contributed by atoms with Gasteiger partial charge in [-0.3, -0.25) is 9.78 Å². The van der Waals surface area contributed by atoms with E-state index in [2.05, 4.69) is 15.3 Å². The topological polar surface area (TPSA) is 54.9 Å². The second-order valence-corrected chi connectivity index (χ2v) is 3.88. The number of aryl methyl sites for hydroxylation is 1. The first-order valence-corrected chi connectivity index (χ1v) is 5.39. The van der Waals surface area contributed by atoms with E-state index in [1.807, 2.05) is 31.2 Å². The van der Waals surface area contributed by atoms with Crippen molar-refractivity contribution >= 4 is 23.2 Å². The van der Waals surface area contributed by atoms with E-state index in [0.29, 0.717) is 0 Å². The molecule has 0 bridgehead atoms. The van der Waals surface area contributed by atoms with Crippen LogP contribution in [0.3, 0.4) is 0 Å². The molecule has 2 aromatic rings. The number of nitrogens with one attached hydrogen (secondary N) is 1. The summed E-state index contributed by atoms with van der Waals surface area (Å²) in [6.45, 7) is 1.92. The van der Waals surface area contributed by atoms with Crippen molar-refractivity contribution in [3.05, 3.63) is 53.1 Å². The summed E-state index contributed by atoms with van der Waals surface area (Å²) in [7, 11) is 0. The number of anilines is 1. The van der Waals surface area contributed by atoms with Gasteiger partial charge in [-0.1, -0.05) is 29.8 Å². The minimum Gasteiger partial charge on any atom is -0.320 e. The molecule has 4 nitrogen and oxygen atoms in total. The fourth-order valence-electron chi connectivity index (χ4n) is 1.35. The summed E-state index contributed by atoms with van der Waals surface area (Å²) in [4.78, 5) is 19.6. The van der Waals surface area contributed by atoms with Gasteiger partial charge in [0.25, 0.3) is 5.91 Å². The van der Waals surface area contributed by atoms with E-state index in [4.69, 9.17) is 11.6 Å². The molecule has 1 aromatic heterocycles. The lowest BCUT2D eigenvalue weighted by Crippen LogP contribution is -2.14. The SMILES string of the molecule is Cc1ccccc1NC(=O)c1cncc(Cl)n1. The number of hydrogen-bond acceptors (Lipinski definition) is 3. The standard InChI is InChI=1S/C12H10ClN3O/c1-8-4-2-3-5-9(8)16-12(17)10-6-14-7-11(13)15-10/h2-7H,1H3,(H,16,17). The highest BCUT2D eigenvalue weighted by Gasteiger charge is 2.09. The van der Waals surface area contributed by atoms with E-state index in [9.17, 15) is 4.79 Å². The Hall–Kier alpha value is -1.94. The average Bonchev–Trinajstić information content (AvgIpc) is 2.32. The fraction of sp³-hybridized carbons (Fsp3) is 0.0833. The monoisotopic (exact) mass is 247 g/mol. The number of hydrogen-bond donors (Lipinski definition) is 1. The molecule has 0 atom stereocenters. The van der Waals surface area contributed by atoms with Crippen molar-refractivity contribution in [3.63, 3.8) is 0 Å². The molecule has 17 heavy (non-hydrogen) atoms. The second-order valence-electron chi connectivity index (χ2n) is 3.50. The maximum atomic E-state index is 11.8. The molecule has 0 aliphatic rings. The van der Waals surface area contributed by atoms with E-state index >= 15 is 0 Å². The van der Waals surface area contributed by atoms with Gasteiger partial charge in [-0.15, -0.1) is 0 Å². The Balaban J connectivity index is 2.20. The Morgan fingerprint density at radius 3 is 2.76 bits per heavy atom. The first kappa shape index (κ1) is 11.5. The predicted octanol–water partition coefficient (Wildman–Crippen LogP) is 2.69. The molecule has 2 rings (SSSR count). The van der Waals surface area contributed by atoms with Crippen molar-refractivity contribution in [1.82, 2.24) is 9.97 Å². The van der Waals surface area contributed by atoms with E-state index < -0.39 is 0 Å². The smallest absolute Gasteiger partial charge is 0.275 e. The summed E-state index contributed by atoms with van der Waals surface area (Å²) in [5.41, 5.74) is 1.93. The molecule has 1 aromatic carbocycles. The van der Waals surface area contributed by atoms with Crippen LogP contribution in [-0.4, -0.2) is 15.9 Å². The van der Waals surface area contributed by atoms with Crippen molar-refractivity contribution < 1.29 is 4.79 Å². The first-order valence-electron chi connectivity index (χ1n) is 5.01. The zero-order chi connectivity index (χ0) is 12.3. The van der Waals surface area contributed by atoms with Gasteiger partial charge in [0, 0.05) is 5.69 Å². The lowest BCUT2D eigenvalue weighted by Gasteiger charge is -2.07. The molecule has 0 spiro atoms. The third-order valence-electron chi connectivity index (χ3n) is 2.23. The summed E-state index contributed by atoms with van der Waals surface area (Å²) in [6.07, 6.45) is 2.76. The van der Waals surface area contributed by atoms with Crippen molar-refractivity contribution in [2.45, 2.75) is 6.92 Å². The van der Waals surface area contributed by atoms with Crippen molar-refractivity contribution in [1.29, 1.82) is 0 Å². The summed E-state index contributed by atoms with van der Waals surface area (Å²) in [6, 6.07) is 7.50. The van der Waals surface area contributed by atoms with Crippen LogP contribution in [0.5, 0.6) is 0 Å².